The quantitative estimate of drug-likeness (QED) is 0.832. The topological polar surface area (TPSA) is 71.8 Å². The third-order valence-electron chi connectivity index (χ3n) is 4.04. The van der Waals surface area contributed by atoms with Crippen molar-refractivity contribution in [3.8, 4) is 0 Å². The van der Waals surface area contributed by atoms with Gasteiger partial charge in [-0.3, -0.25) is 9.48 Å². The zero-order valence-electron chi connectivity index (χ0n) is 13.0. The third-order valence-corrected chi connectivity index (χ3v) is 4.89. The van der Waals surface area contributed by atoms with Crippen LogP contribution in [0.3, 0.4) is 0 Å². The summed E-state index contributed by atoms with van der Waals surface area (Å²) < 4.78 is 39.4. The Kier molecular flexibility index (Phi) is 6.07. The van der Waals surface area contributed by atoms with E-state index in [4.69, 9.17) is 0 Å². The minimum Gasteiger partial charge on any atom is -0.347 e. The molecular weight excluding hydrogens is 379 g/mol. The molecule has 1 aliphatic rings. The van der Waals surface area contributed by atoms with Crippen molar-refractivity contribution in [2.45, 2.75) is 31.1 Å². The van der Waals surface area contributed by atoms with Gasteiger partial charge in [-0.1, -0.05) is 0 Å². The van der Waals surface area contributed by atoms with Crippen LogP contribution in [0.2, 0.25) is 0 Å². The average Bonchev–Trinajstić information content (AvgIpc) is 3.24. The van der Waals surface area contributed by atoms with Crippen LogP contribution < -0.4 is 10.6 Å². The van der Waals surface area contributed by atoms with E-state index in [1.54, 1.807) is 23.1 Å². The SMILES string of the molecule is Cl.O=C(NCc1nc(C(F)(F)F)cs1)C1(n2cccn2)CCNCC1. The van der Waals surface area contributed by atoms with Gasteiger partial charge in [0.25, 0.3) is 0 Å². The number of aromatic nitrogens is 3. The molecule has 0 aromatic carbocycles. The summed E-state index contributed by atoms with van der Waals surface area (Å²) in [5, 5.41) is 11.3. The van der Waals surface area contributed by atoms with Crippen molar-refractivity contribution >= 4 is 29.7 Å². The van der Waals surface area contributed by atoms with Gasteiger partial charge in [0.05, 0.1) is 6.54 Å². The molecule has 2 aromatic heterocycles. The number of carbonyl (C=O) groups excluding carboxylic acids is 1. The van der Waals surface area contributed by atoms with Gasteiger partial charge in [-0.25, -0.2) is 4.98 Å². The maximum Gasteiger partial charge on any atom is 0.434 e. The highest BCUT2D eigenvalue weighted by Crippen LogP contribution is 2.30. The van der Waals surface area contributed by atoms with Crippen LogP contribution in [0.5, 0.6) is 0 Å². The number of hydrogen-bond donors (Lipinski definition) is 2. The monoisotopic (exact) mass is 395 g/mol. The second-order valence-corrected chi connectivity index (χ2v) is 6.48. The summed E-state index contributed by atoms with van der Waals surface area (Å²) in [6.07, 6.45) is -0.00794. The maximum atomic E-state index is 12.8. The Labute approximate surface area is 152 Å². The molecular formula is C14H17ClF3N5OS. The summed E-state index contributed by atoms with van der Waals surface area (Å²) in [6.45, 7) is 1.31. The normalized spacial score (nSPS) is 16.9. The molecule has 0 spiro atoms. The molecule has 0 aliphatic carbocycles. The van der Waals surface area contributed by atoms with Gasteiger partial charge in [0.15, 0.2) is 5.69 Å². The first kappa shape index (κ1) is 19.7. The van der Waals surface area contributed by atoms with Gasteiger partial charge in [0.2, 0.25) is 5.91 Å². The first-order valence-corrected chi connectivity index (χ1v) is 8.30. The van der Waals surface area contributed by atoms with Crippen molar-refractivity contribution in [1.29, 1.82) is 0 Å². The Morgan fingerprint density at radius 1 is 1.40 bits per heavy atom. The van der Waals surface area contributed by atoms with Gasteiger partial charge in [0, 0.05) is 17.8 Å². The first-order valence-electron chi connectivity index (χ1n) is 7.42. The molecule has 0 bridgehead atoms. The highest BCUT2D eigenvalue weighted by molar-refractivity contribution is 7.09. The van der Waals surface area contributed by atoms with Gasteiger partial charge in [0.1, 0.15) is 10.5 Å². The lowest BCUT2D eigenvalue weighted by molar-refractivity contribution is -0.140. The van der Waals surface area contributed by atoms with E-state index in [2.05, 4.69) is 20.7 Å². The molecule has 11 heteroatoms. The van der Waals surface area contributed by atoms with E-state index in [0.717, 1.165) is 16.7 Å². The van der Waals surface area contributed by atoms with Crippen LogP contribution >= 0.6 is 23.7 Å². The van der Waals surface area contributed by atoms with Crippen molar-refractivity contribution in [2.75, 3.05) is 13.1 Å². The molecule has 0 atom stereocenters. The van der Waals surface area contributed by atoms with Crippen molar-refractivity contribution < 1.29 is 18.0 Å². The molecule has 0 radical (unpaired) electrons. The Hall–Kier alpha value is -1.65. The van der Waals surface area contributed by atoms with Crippen molar-refractivity contribution in [2.24, 2.45) is 0 Å². The lowest BCUT2D eigenvalue weighted by atomic mass is 9.87. The fourth-order valence-corrected chi connectivity index (χ4v) is 3.51. The predicted molar refractivity (Wildman–Crippen MR) is 88.5 cm³/mol. The number of thiazole rings is 1. The first-order chi connectivity index (χ1) is 11.4. The van der Waals surface area contributed by atoms with E-state index < -0.39 is 17.4 Å². The van der Waals surface area contributed by atoms with Gasteiger partial charge in [-0.15, -0.1) is 23.7 Å². The molecule has 1 amide bonds. The van der Waals surface area contributed by atoms with Crippen molar-refractivity contribution in [3.63, 3.8) is 0 Å². The summed E-state index contributed by atoms with van der Waals surface area (Å²) >= 11 is 0.881. The number of hydrogen-bond acceptors (Lipinski definition) is 5. The molecule has 1 fully saturated rings. The van der Waals surface area contributed by atoms with E-state index >= 15 is 0 Å². The van der Waals surface area contributed by atoms with E-state index in [0.29, 0.717) is 25.9 Å². The van der Waals surface area contributed by atoms with Crippen LogP contribution in [0.25, 0.3) is 0 Å². The maximum absolute atomic E-state index is 12.8. The fraction of sp³-hybridized carbons (Fsp3) is 0.500. The summed E-state index contributed by atoms with van der Waals surface area (Å²) in [7, 11) is 0. The van der Waals surface area contributed by atoms with Gasteiger partial charge in [-0.05, 0) is 32.0 Å². The van der Waals surface area contributed by atoms with Crippen molar-refractivity contribution in [1.82, 2.24) is 25.4 Å². The molecule has 2 aromatic rings. The third kappa shape index (κ3) is 4.13. The second kappa shape index (κ2) is 7.71. The molecule has 0 unspecified atom stereocenters. The molecule has 25 heavy (non-hydrogen) atoms. The number of rotatable bonds is 4. The summed E-state index contributed by atoms with van der Waals surface area (Å²) in [6, 6.07) is 1.74. The molecule has 1 aliphatic heterocycles. The van der Waals surface area contributed by atoms with E-state index in [1.807, 2.05) is 0 Å². The molecule has 2 N–H and O–H groups in total. The number of nitrogens with one attached hydrogen (secondary N) is 2. The number of carbonyl (C=O) groups is 1. The van der Waals surface area contributed by atoms with Crippen LogP contribution in [0.4, 0.5) is 13.2 Å². The highest BCUT2D eigenvalue weighted by Gasteiger charge is 2.42. The predicted octanol–water partition coefficient (Wildman–Crippen LogP) is 2.18. The Balaban J connectivity index is 0.00000225. The minimum absolute atomic E-state index is 0. The van der Waals surface area contributed by atoms with Gasteiger partial charge >= 0.3 is 6.18 Å². The largest absolute Gasteiger partial charge is 0.434 e. The molecule has 1 saturated heterocycles. The Morgan fingerprint density at radius 3 is 2.68 bits per heavy atom. The molecule has 3 heterocycles. The summed E-state index contributed by atoms with van der Waals surface area (Å²) in [5.41, 5.74) is -1.75. The van der Waals surface area contributed by atoms with Crippen LogP contribution in [-0.2, 0) is 23.1 Å². The standard InChI is InChI=1S/C14H16F3N5OS.ClH/c15-14(16,17)10-9-24-11(21-10)8-19-12(23)13(2-5-18-6-3-13)22-7-1-4-20-22;/h1,4,7,9,18H,2-3,5-6,8H2,(H,19,23);1H. The fourth-order valence-electron chi connectivity index (χ4n) is 2.77. The van der Waals surface area contributed by atoms with E-state index in [-0.39, 0.29) is 29.9 Å². The second-order valence-electron chi connectivity index (χ2n) is 5.54. The number of amides is 1. The summed E-state index contributed by atoms with van der Waals surface area (Å²) in [4.78, 5) is 16.3. The number of alkyl halides is 3. The highest BCUT2D eigenvalue weighted by atomic mass is 35.5. The zero-order chi connectivity index (χ0) is 17.2. The van der Waals surface area contributed by atoms with Crippen LogP contribution in [0.15, 0.2) is 23.8 Å². The van der Waals surface area contributed by atoms with E-state index in [1.165, 1.54) is 0 Å². The van der Waals surface area contributed by atoms with Gasteiger partial charge in [-0.2, -0.15) is 18.3 Å². The van der Waals surface area contributed by atoms with Crippen molar-refractivity contribution in [3.05, 3.63) is 34.5 Å². The molecule has 0 saturated carbocycles. The van der Waals surface area contributed by atoms with Crippen LogP contribution in [-0.4, -0.2) is 33.8 Å². The number of nitrogens with zero attached hydrogens (tertiary/aromatic N) is 3. The van der Waals surface area contributed by atoms with Crippen LogP contribution in [0.1, 0.15) is 23.5 Å². The Morgan fingerprint density at radius 2 is 2.12 bits per heavy atom. The smallest absolute Gasteiger partial charge is 0.347 e. The molecule has 138 valence electrons. The lowest BCUT2D eigenvalue weighted by Gasteiger charge is -2.36. The lowest BCUT2D eigenvalue weighted by Crippen LogP contribution is -2.54. The van der Waals surface area contributed by atoms with Gasteiger partial charge < -0.3 is 10.6 Å². The number of piperidine rings is 1. The number of halogens is 4. The Bertz CT molecular complexity index is 698. The summed E-state index contributed by atoms with van der Waals surface area (Å²) in [5.74, 6) is -0.253. The molecule has 3 rings (SSSR count). The average molecular weight is 396 g/mol. The minimum atomic E-state index is -4.47. The zero-order valence-corrected chi connectivity index (χ0v) is 14.7. The van der Waals surface area contributed by atoms with Crippen LogP contribution in [0, 0.1) is 0 Å². The van der Waals surface area contributed by atoms with E-state index in [9.17, 15) is 18.0 Å². The molecule has 6 nitrogen and oxygen atoms in total.